The van der Waals surface area contributed by atoms with Crippen LogP contribution in [-0.2, 0) is 19.1 Å². The van der Waals surface area contributed by atoms with E-state index in [-0.39, 0.29) is 4.97 Å². The highest BCUT2D eigenvalue weighted by Crippen LogP contribution is 2.09. The molecule has 10 heteroatoms. The van der Waals surface area contributed by atoms with E-state index in [4.69, 9.17) is 9.84 Å². The number of hydrazine groups is 1. The number of nitrogens with zero attached hydrogens (tertiary/aromatic N) is 3. The Labute approximate surface area is 116 Å². The Morgan fingerprint density at radius 2 is 2.00 bits per heavy atom. The van der Waals surface area contributed by atoms with Gasteiger partial charge in [-0.3, -0.25) is 9.63 Å². The second kappa shape index (κ2) is 7.36. The molecule has 0 fully saturated rings. The molecule has 0 rings (SSSR count). The number of ether oxygens (including phenoxy) is 2. The standard InChI is InChI=1S/C10H19N3O7/c1-7(18-9(16)19-10(2,3)4)20-11-13(17)12(5)6-8(14)15/h7H,6H2,1-5H3,(H,14,15). The second-order valence-electron chi connectivity index (χ2n) is 4.80. The van der Waals surface area contributed by atoms with E-state index in [0.717, 1.165) is 5.01 Å². The van der Waals surface area contributed by atoms with Crippen LogP contribution in [0.15, 0.2) is 5.28 Å². The Morgan fingerprint density at radius 3 is 2.45 bits per heavy atom. The van der Waals surface area contributed by atoms with E-state index in [0.29, 0.717) is 0 Å². The zero-order valence-electron chi connectivity index (χ0n) is 12.0. The van der Waals surface area contributed by atoms with Crippen LogP contribution in [0.25, 0.3) is 0 Å². The number of rotatable bonds is 6. The van der Waals surface area contributed by atoms with Crippen molar-refractivity contribution in [2.45, 2.75) is 39.6 Å². The lowest BCUT2D eigenvalue weighted by Crippen LogP contribution is -2.32. The van der Waals surface area contributed by atoms with Gasteiger partial charge in [-0.05, 0) is 20.8 Å². The minimum atomic E-state index is -1.21. The van der Waals surface area contributed by atoms with Crippen molar-refractivity contribution in [1.82, 2.24) is 5.01 Å². The van der Waals surface area contributed by atoms with Crippen molar-refractivity contribution < 1.29 is 34.0 Å². The van der Waals surface area contributed by atoms with Gasteiger partial charge >= 0.3 is 12.1 Å². The zero-order chi connectivity index (χ0) is 15.9. The predicted molar refractivity (Wildman–Crippen MR) is 64.2 cm³/mol. The maximum absolute atomic E-state index is 11.2. The maximum atomic E-state index is 11.2. The molecular formula is C10H19N3O7. The van der Waals surface area contributed by atoms with Gasteiger partial charge in [-0.15, -0.1) is 5.01 Å². The summed E-state index contributed by atoms with van der Waals surface area (Å²) in [4.78, 5) is 26.1. The summed E-state index contributed by atoms with van der Waals surface area (Å²) < 4.78 is 9.51. The molecule has 0 amide bonds. The number of hydrogen-bond acceptors (Lipinski definition) is 7. The van der Waals surface area contributed by atoms with E-state index in [1.807, 2.05) is 0 Å². The van der Waals surface area contributed by atoms with E-state index in [2.05, 4.69) is 14.9 Å². The molecule has 0 saturated heterocycles. The van der Waals surface area contributed by atoms with Crippen molar-refractivity contribution in [3.63, 3.8) is 0 Å². The van der Waals surface area contributed by atoms with Crippen LogP contribution in [0.1, 0.15) is 27.7 Å². The molecular weight excluding hydrogens is 274 g/mol. The van der Waals surface area contributed by atoms with Gasteiger partial charge in [0.1, 0.15) is 5.60 Å². The van der Waals surface area contributed by atoms with Crippen molar-refractivity contribution in [3.05, 3.63) is 5.21 Å². The Kier molecular flexibility index (Phi) is 6.53. The molecule has 116 valence electrons. The van der Waals surface area contributed by atoms with E-state index < -0.39 is 30.6 Å². The van der Waals surface area contributed by atoms with Crippen LogP contribution >= 0.6 is 0 Å². The van der Waals surface area contributed by atoms with E-state index in [1.54, 1.807) is 20.8 Å². The number of carbonyl (C=O) groups excluding carboxylic acids is 1. The second-order valence-corrected chi connectivity index (χ2v) is 4.80. The van der Waals surface area contributed by atoms with Gasteiger partial charge in [0.2, 0.25) is 5.28 Å². The molecule has 20 heavy (non-hydrogen) atoms. The summed E-state index contributed by atoms with van der Waals surface area (Å²) in [6, 6.07) is 0. The quantitative estimate of drug-likeness (QED) is 0.254. The van der Waals surface area contributed by atoms with Crippen molar-refractivity contribution in [2.24, 2.45) is 5.28 Å². The van der Waals surface area contributed by atoms with Crippen LogP contribution in [0.5, 0.6) is 0 Å². The fourth-order valence-electron chi connectivity index (χ4n) is 0.856. The van der Waals surface area contributed by atoms with E-state index in [9.17, 15) is 14.8 Å². The largest absolute Gasteiger partial charge is 0.569 e. The molecule has 0 aromatic rings. The first kappa shape index (κ1) is 17.7. The summed E-state index contributed by atoms with van der Waals surface area (Å²) >= 11 is 0. The third-order valence-corrected chi connectivity index (χ3v) is 1.57. The number of carbonyl (C=O) groups is 2. The molecule has 0 aliphatic carbocycles. The van der Waals surface area contributed by atoms with Crippen LogP contribution < -0.4 is 0 Å². The van der Waals surface area contributed by atoms with E-state index in [1.165, 1.54) is 14.0 Å². The van der Waals surface area contributed by atoms with Crippen molar-refractivity contribution >= 4 is 12.1 Å². The Morgan fingerprint density at radius 1 is 1.45 bits per heavy atom. The van der Waals surface area contributed by atoms with Gasteiger partial charge in [0.25, 0.3) is 6.29 Å². The van der Waals surface area contributed by atoms with Crippen LogP contribution in [0.4, 0.5) is 4.79 Å². The van der Waals surface area contributed by atoms with Crippen LogP contribution in [0.3, 0.4) is 0 Å². The van der Waals surface area contributed by atoms with Crippen LogP contribution in [0, 0.1) is 5.21 Å². The SMILES string of the molecule is CC(ON=[N+]([O-])N(C)CC(=O)O)OC(=O)OC(C)(C)C. The molecule has 0 aromatic carbocycles. The number of carboxylic acid groups (broad SMARTS) is 1. The highest BCUT2D eigenvalue weighted by molar-refractivity contribution is 5.68. The number of carboxylic acids is 1. The van der Waals surface area contributed by atoms with Crippen molar-refractivity contribution in [3.8, 4) is 0 Å². The molecule has 0 saturated carbocycles. The summed E-state index contributed by atoms with van der Waals surface area (Å²) in [6.07, 6.45) is -2.14. The topological polar surface area (TPSA) is 124 Å². The highest BCUT2D eigenvalue weighted by Gasteiger charge is 2.21. The van der Waals surface area contributed by atoms with Crippen LogP contribution in [-0.4, -0.2) is 52.7 Å². The molecule has 1 atom stereocenters. The summed E-state index contributed by atoms with van der Waals surface area (Å²) in [5, 5.41) is 23.4. The summed E-state index contributed by atoms with van der Waals surface area (Å²) in [5.41, 5.74) is -0.722. The minimum absolute atomic E-state index is 0.0803. The number of likely N-dealkylation sites (N-methyl/N-ethyl adjacent to an activating group) is 1. The Bertz CT molecular complexity index is 378. The van der Waals surface area contributed by atoms with Crippen molar-refractivity contribution in [1.29, 1.82) is 0 Å². The summed E-state index contributed by atoms with van der Waals surface area (Å²) in [6.45, 7) is 5.73. The molecule has 0 aromatic heterocycles. The van der Waals surface area contributed by atoms with Gasteiger partial charge in [0.05, 0.1) is 12.0 Å². The van der Waals surface area contributed by atoms with Gasteiger partial charge in [-0.1, -0.05) is 0 Å². The first-order valence-electron chi connectivity index (χ1n) is 5.68. The molecule has 0 spiro atoms. The molecule has 0 radical (unpaired) electrons. The molecule has 1 N–H and O–H groups in total. The number of aliphatic carboxylic acids is 1. The van der Waals surface area contributed by atoms with Gasteiger partial charge < -0.3 is 19.8 Å². The lowest BCUT2D eigenvalue weighted by molar-refractivity contribution is -0.705. The fraction of sp³-hybridized carbons (Fsp3) is 0.800. The third-order valence-electron chi connectivity index (χ3n) is 1.57. The fourth-order valence-corrected chi connectivity index (χ4v) is 0.856. The normalized spacial score (nSPS) is 13.3. The Balaban J connectivity index is 4.24. The van der Waals surface area contributed by atoms with Gasteiger partial charge in [-0.25, -0.2) is 4.79 Å². The minimum Gasteiger partial charge on any atom is -0.569 e. The first-order valence-corrected chi connectivity index (χ1v) is 5.68. The summed E-state index contributed by atoms with van der Waals surface area (Å²) in [5.74, 6) is -1.21. The lowest BCUT2D eigenvalue weighted by Gasteiger charge is -2.19. The Hall–Kier alpha value is -2.26. The first-order chi connectivity index (χ1) is 9.01. The molecule has 0 bridgehead atoms. The monoisotopic (exact) mass is 293 g/mol. The predicted octanol–water partition coefficient (Wildman–Crippen LogP) is 1.11. The maximum Gasteiger partial charge on any atom is 0.511 e. The van der Waals surface area contributed by atoms with Crippen molar-refractivity contribution in [2.75, 3.05) is 13.6 Å². The molecule has 0 heterocycles. The molecule has 0 aliphatic rings. The lowest BCUT2D eigenvalue weighted by atomic mass is 10.2. The third kappa shape index (κ3) is 8.78. The van der Waals surface area contributed by atoms with Gasteiger partial charge in [0.15, 0.2) is 6.54 Å². The average Bonchev–Trinajstić information content (AvgIpc) is 2.21. The molecule has 10 nitrogen and oxygen atoms in total. The molecule has 1 unspecified atom stereocenters. The summed E-state index contributed by atoms with van der Waals surface area (Å²) in [7, 11) is 1.20. The zero-order valence-corrected chi connectivity index (χ0v) is 12.0. The van der Waals surface area contributed by atoms with Crippen LogP contribution in [0.2, 0.25) is 0 Å². The van der Waals surface area contributed by atoms with Gasteiger partial charge in [0, 0.05) is 6.92 Å². The molecule has 0 aliphatic heterocycles. The van der Waals surface area contributed by atoms with E-state index >= 15 is 0 Å². The smallest absolute Gasteiger partial charge is 0.511 e. The number of hydrogen-bond donors (Lipinski definition) is 1. The van der Waals surface area contributed by atoms with Gasteiger partial charge in [-0.2, -0.15) is 0 Å². The highest BCUT2D eigenvalue weighted by atomic mass is 16.8. The average molecular weight is 293 g/mol.